The van der Waals surface area contributed by atoms with E-state index in [0.29, 0.717) is 25.2 Å². The van der Waals surface area contributed by atoms with Gasteiger partial charge in [0.05, 0.1) is 18.8 Å². The van der Waals surface area contributed by atoms with Gasteiger partial charge in [-0.25, -0.2) is 4.39 Å². The van der Waals surface area contributed by atoms with Crippen molar-refractivity contribution >= 4 is 0 Å². The van der Waals surface area contributed by atoms with Crippen LogP contribution in [0.15, 0.2) is 30.4 Å². The summed E-state index contributed by atoms with van der Waals surface area (Å²) in [4.78, 5) is 0. The summed E-state index contributed by atoms with van der Waals surface area (Å²) >= 11 is 0. The second kappa shape index (κ2) is 7.25. The van der Waals surface area contributed by atoms with E-state index in [2.05, 4.69) is 0 Å². The molecule has 2 rings (SSSR count). The Kier molecular flexibility index (Phi) is 5.37. The molecular formula is C15H14F3NO2. The van der Waals surface area contributed by atoms with Crippen LogP contribution in [0.5, 0.6) is 0 Å². The monoisotopic (exact) mass is 297 g/mol. The van der Waals surface area contributed by atoms with Crippen LogP contribution in [0, 0.1) is 23.1 Å². The van der Waals surface area contributed by atoms with Gasteiger partial charge < -0.3 is 9.47 Å². The van der Waals surface area contributed by atoms with Gasteiger partial charge in [0.25, 0.3) is 6.08 Å². The van der Waals surface area contributed by atoms with Crippen molar-refractivity contribution in [3.63, 3.8) is 0 Å². The van der Waals surface area contributed by atoms with Crippen molar-refractivity contribution in [3.05, 3.63) is 47.3 Å². The number of nitriles is 1. The van der Waals surface area contributed by atoms with Crippen molar-refractivity contribution in [2.45, 2.75) is 19.1 Å². The number of nitrogens with zero attached hydrogens (tertiary/aromatic N) is 1. The third-order valence-electron chi connectivity index (χ3n) is 3.23. The Morgan fingerprint density at radius 1 is 1.33 bits per heavy atom. The highest BCUT2D eigenvalue weighted by Crippen LogP contribution is 2.28. The van der Waals surface area contributed by atoms with Crippen molar-refractivity contribution in [2.75, 3.05) is 13.2 Å². The summed E-state index contributed by atoms with van der Waals surface area (Å²) in [5.74, 6) is -0.576. The minimum atomic E-state index is -1.68. The van der Waals surface area contributed by atoms with Crippen LogP contribution in [0.1, 0.15) is 30.3 Å². The van der Waals surface area contributed by atoms with Crippen molar-refractivity contribution < 1.29 is 22.6 Å². The molecule has 1 aliphatic rings. The van der Waals surface area contributed by atoms with E-state index in [-0.39, 0.29) is 17.9 Å². The van der Waals surface area contributed by atoms with Gasteiger partial charge in [-0.1, -0.05) is 6.07 Å². The summed E-state index contributed by atoms with van der Waals surface area (Å²) in [5.41, 5.74) is 0.465. The number of benzene rings is 1. The second-order valence-electron chi connectivity index (χ2n) is 4.79. The minimum absolute atomic E-state index is 0.0347. The van der Waals surface area contributed by atoms with E-state index < -0.39 is 18.2 Å². The predicted octanol–water partition coefficient (Wildman–Crippen LogP) is 3.92. The lowest BCUT2D eigenvalue weighted by molar-refractivity contribution is -0.205. The van der Waals surface area contributed by atoms with Crippen LogP contribution >= 0.6 is 0 Å². The van der Waals surface area contributed by atoms with Crippen LogP contribution < -0.4 is 0 Å². The highest BCUT2D eigenvalue weighted by atomic mass is 19.3. The molecule has 1 heterocycles. The number of hydrogen-bond donors (Lipinski definition) is 0. The molecule has 0 saturated carbocycles. The van der Waals surface area contributed by atoms with Crippen molar-refractivity contribution in [1.29, 1.82) is 5.26 Å². The molecular weight excluding hydrogens is 283 g/mol. The van der Waals surface area contributed by atoms with E-state index in [4.69, 9.17) is 14.7 Å². The van der Waals surface area contributed by atoms with E-state index in [1.807, 2.05) is 0 Å². The van der Waals surface area contributed by atoms with Crippen molar-refractivity contribution in [1.82, 2.24) is 0 Å². The third-order valence-corrected chi connectivity index (χ3v) is 3.23. The SMILES string of the molecule is N#Cc1ccc(C2OCC(CCC=C(F)F)CO2)cc1F. The Bertz CT molecular complexity index is 557. The van der Waals surface area contributed by atoms with Gasteiger partial charge in [0.1, 0.15) is 11.9 Å². The number of hydrogen-bond acceptors (Lipinski definition) is 3. The molecule has 1 aromatic rings. The molecule has 0 aliphatic carbocycles. The van der Waals surface area contributed by atoms with Gasteiger partial charge in [-0.2, -0.15) is 14.0 Å². The lowest BCUT2D eigenvalue weighted by Crippen LogP contribution is -2.27. The van der Waals surface area contributed by atoms with Gasteiger partial charge in [-0.15, -0.1) is 0 Å². The average molecular weight is 297 g/mol. The molecule has 0 unspecified atom stereocenters. The van der Waals surface area contributed by atoms with E-state index in [9.17, 15) is 13.2 Å². The average Bonchev–Trinajstić information content (AvgIpc) is 2.47. The van der Waals surface area contributed by atoms with Gasteiger partial charge in [0, 0.05) is 11.5 Å². The fourth-order valence-corrected chi connectivity index (χ4v) is 2.10. The standard InChI is InChI=1S/C15H14F3NO2/c16-13-6-11(4-5-12(13)7-19)15-20-8-10(9-21-15)2-1-3-14(17)18/h3-6,10,15H,1-2,8-9H2. The zero-order valence-corrected chi connectivity index (χ0v) is 11.2. The summed E-state index contributed by atoms with van der Waals surface area (Å²) in [6.45, 7) is 0.738. The molecule has 0 radical (unpaired) electrons. The second-order valence-corrected chi connectivity index (χ2v) is 4.79. The van der Waals surface area contributed by atoms with Crippen LogP contribution in [0.3, 0.4) is 0 Å². The molecule has 1 saturated heterocycles. The smallest absolute Gasteiger partial charge is 0.266 e. The first kappa shape index (κ1) is 15.5. The highest BCUT2D eigenvalue weighted by molar-refractivity contribution is 5.33. The van der Waals surface area contributed by atoms with Gasteiger partial charge in [-0.05, 0) is 31.1 Å². The molecule has 0 spiro atoms. The largest absolute Gasteiger partial charge is 0.348 e. The van der Waals surface area contributed by atoms with Gasteiger partial charge in [0.15, 0.2) is 6.29 Å². The molecule has 0 atom stereocenters. The Morgan fingerprint density at radius 3 is 2.62 bits per heavy atom. The fraction of sp³-hybridized carbons (Fsp3) is 0.400. The summed E-state index contributed by atoms with van der Waals surface area (Å²) < 4.78 is 48.3. The zero-order chi connectivity index (χ0) is 15.2. The van der Waals surface area contributed by atoms with Crippen LogP contribution in [0.25, 0.3) is 0 Å². The number of ether oxygens (including phenoxy) is 2. The first-order chi connectivity index (χ1) is 10.1. The molecule has 0 amide bonds. The van der Waals surface area contributed by atoms with Crippen LogP contribution in [-0.4, -0.2) is 13.2 Å². The minimum Gasteiger partial charge on any atom is -0.348 e. The Labute approximate surface area is 120 Å². The summed E-state index contributed by atoms with van der Waals surface area (Å²) in [6.07, 6.45) is -0.667. The van der Waals surface area contributed by atoms with Gasteiger partial charge >= 0.3 is 0 Å². The topological polar surface area (TPSA) is 42.2 Å². The lowest BCUT2D eigenvalue weighted by atomic mass is 10.0. The van der Waals surface area contributed by atoms with E-state index in [0.717, 1.165) is 6.08 Å². The van der Waals surface area contributed by atoms with Gasteiger partial charge in [0.2, 0.25) is 0 Å². The zero-order valence-electron chi connectivity index (χ0n) is 11.2. The number of allylic oxidation sites excluding steroid dienone is 1. The lowest BCUT2D eigenvalue weighted by Gasteiger charge is -2.29. The summed E-state index contributed by atoms with van der Waals surface area (Å²) in [6, 6.07) is 5.90. The first-order valence-electron chi connectivity index (χ1n) is 6.54. The molecule has 0 aromatic heterocycles. The highest BCUT2D eigenvalue weighted by Gasteiger charge is 2.23. The first-order valence-corrected chi connectivity index (χ1v) is 6.54. The quantitative estimate of drug-likeness (QED) is 0.846. The van der Waals surface area contributed by atoms with Crippen LogP contribution in [0.2, 0.25) is 0 Å². The molecule has 6 heteroatoms. The predicted molar refractivity (Wildman–Crippen MR) is 68.8 cm³/mol. The molecule has 3 nitrogen and oxygen atoms in total. The van der Waals surface area contributed by atoms with Gasteiger partial charge in [-0.3, -0.25) is 0 Å². The summed E-state index contributed by atoms with van der Waals surface area (Å²) in [5, 5.41) is 8.67. The fourth-order valence-electron chi connectivity index (χ4n) is 2.10. The number of rotatable bonds is 4. The molecule has 1 fully saturated rings. The summed E-state index contributed by atoms with van der Waals surface area (Å²) in [7, 11) is 0. The molecule has 21 heavy (non-hydrogen) atoms. The maximum absolute atomic E-state index is 13.5. The number of halogens is 3. The maximum atomic E-state index is 13.5. The van der Waals surface area contributed by atoms with Crippen LogP contribution in [-0.2, 0) is 9.47 Å². The van der Waals surface area contributed by atoms with E-state index >= 15 is 0 Å². The molecule has 0 N–H and O–H groups in total. The maximum Gasteiger partial charge on any atom is 0.266 e. The van der Waals surface area contributed by atoms with Crippen molar-refractivity contribution in [2.24, 2.45) is 5.92 Å². The Morgan fingerprint density at radius 2 is 2.05 bits per heavy atom. The van der Waals surface area contributed by atoms with Crippen molar-refractivity contribution in [3.8, 4) is 6.07 Å². The molecule has 112 valence electrons. The molecule has 1 aliphatic heterocycles. The van der Waals surface area contributed by atoms with Crippen LogP contribution in [0.4, 0.5) is 13.2 Å². The molecule has 0 bridgehead atoms. The third kappa shape index (κ3) is 4.31. The Hall–Kier alpha value is -1.84. The van der Waals surface area contributed by atoms with E-state index in [1.165, 1.54) is 12.1 Å². The Balaban J connectivity index is 1.88. The normalized spacial score (nSPS) is 21.6. The van der Waals surface area contributed by atoms with E-state index in [1.54, 1.807) is 12.1 Å². The molecule has 1 aromatic carbocycles.